The lowest BCUT2D eigenvalue weighted by Gasteiger charge is -2.25. The fourth-order valence-electron chi connectivity index (χ4n) is 3.42. The van der Waals surface area contributed by atoms with Gasteiger partial charge in [0.15, 0.2) is 11.4 Å². The summed E-state index contributed by atoms with van der Waals surface area (Å²) in [7, 11) is -4.69. The number of aliphatic hydroxyl groups is 1. The third-order valence-corrected chi connectivity index (χ3v) is 6.64. The molecule has 10 heteroatoms. The molecule has 0 bridgehead atoms. The molecule has 2 aromatic carbocycles. The molecule has 0 amide bonds. The Morgan fingerprint density at radius 1 is 1.30 bits per heavy atom. The molecule has 2 unspecified atom stereocenters. The Morgan fingerprint density at radius 2 is 2.00 bits per heavy atom. The van der Waals surface area contributed by atoms with Gasteiger partial charge >= 0.3 is 5.25 Å². The minimum Gasteiger partial charge on any atom is -0.456 e. The van der Waals surface area contributed by atoms with Crippen molar-refractivity contribution in [2.75, 3.05) is 0 Å². The lowest BCUT2D eigenvalue weighted by atomic mass is 9.96. The highest BCUT2D eigenvalue weighted by atomic mass is 32.2. The molecule has 0 aromatic heterocycles. The molecule has 2 aliphatic rings. The molecule has 0 fully saturated rings. The lowest BCUT2D eigenvalue weighted by molar-refractivity contribution is -0.120. The second-order valence-electron chi connectivity index (χ2n) is 6.23. The van der Waals surface area contributed by atoms with Gasteiger partial charge in [-0.05, 0) is 24.3 Å². The number of rotatable bonds is 2. The number of Topliss-reactive ketones (excluding diaryl/α,β-unsaturated/α-hetero) is 1. The third-order valence-electron chi connectivity index (χ3n) is 4.62. The van der Waals surface area contributed by atoms with E-state index in [1.165, 1.54) is 6.07 Å². The number of ether oxygens (including phenoxy) is 1. The van der Waals surface area contributed by atoms with E-state index in [4.69, 9.17) is 14.8 Å². The minimum absolute atomic E-state index is 0.0638. The molecular weight excluding hydrogens is 385 g/mol. The smallest absolute Gasteiger partial charge is 0.364 e. The highest BCUT2D eigenvalue weighted by Gasteiger charge is 2.72. The number of nitrogens with one attached hydrogen (secondary N) is 1. The summed E-state index contributed by atoms with van der Waals surface area (Å²) in [4.78, 5) is 11.7. The van der Waals surface area contributed by atoms with Crippen molar-refractivity contribution < 1.29 is 32.0 Å². The highest BCUT2D eigenvalue weighted by Crippen LogP contribution is 2.61. The molecule has 2 N–H and O–H groups in total. The second kappa shape index (κ2) is 5.09. The monoisotopic (exact) mass is 394 g/mol. The van der Waals surface area contributed by atoms with E-state index in [2.05, 4.69) is 0 Å². The van der Waals surface area contributed by atoms with Crippen molar-refractivity contribution in [3.05, 3.63) is 52.8 Å². The topological polar surface area (TPSA) is 111 Å². The Hall–Kier alpha value is -2.90. The van der Waals surface area contributed by atoms with E-state index >= 15 is 0 Å². The van der Waals surface area contributed by atoms with Crippen LogP contribution in [-0.4, -0.2) is 20.4 Å². The number of nitriles is 1. The maximum Gasteiger partial charge on any atom is 0.364 e. The largest absolute Gasteiger partial charge is 0.456 e. The molecule has 2 atom stereocenters. The SMILES string of the molecule is N#Cc1cc(F)cc(Oc2ccc3c4c2C(=O)CC4(O)C(F)(F)S3(=N)=O)c1. The molecule has 138 valence electrons. The predicted molar refractivity (Wildman–Crippen MR) is 84.6 cm³/mol. The van der Waals surface area contributed by atoms with Crippen molar-refractivity contribution in [2.45, 2.75) is 22.2 Å². The molecular formula is C17H9F3N2O4S. The summed E-state index contributed by atoms with van der Waals surface area (Å²) in [5.41, 5.74) is -4.14. The van der Waals surface area contributed by atoms with Gasteiger partial charge in [0.1, 0.15) is 27.0 Å². The maximum absolute atomic E-state index is 14.5. The fraction of sp³-hybridized carbons (Fsp3) is 0.176. The summed E-state index contributed by atoms with van der Waals surface area (Å²) in [6.07, 6.45) is -1.05. The fourth-order valence-corrected chi connectivity index (χ4v) is 5.17. The predicted octanol–water partition coefficient (Wildman–Crippen LogP) is 3.28. The van der Waals surface area contributed by atoms with Crippen LogP contribution in [-0.2, 0) is 15.3 Å². The first-order valence-electron chi connectivity index (χ1n) is 7.51. The average molecular weight is 394 g/mol. The standard InChI is InChI=1S/C17H9F3N2O4S/c18-9-3-8(7-21)4-10(5-9)26-12-1-2-13-15-14(12)11(23)6-16(15,24)17(19,20)27(13,22)25/h1-5,22,24H,6H2. The second-order valence-corrected chi connectivity index (χ2v) is 8.30. The maximum atomic E-state index is 14.5. The number of halogens is 3. The molecule has 2 aromatic rings. The molecule has 6 nitrogen and oxygen atoms in total. The number of carbonyl (C=O) groups is 1. The van der Waals surface area contributed by atoms with Crippen molar-refractivity contribution in [2.24, 2.45) is 0 Å². The summed E-state index contributed by atoms with van der Waals surface area (Å²) in [5.74, 6) is -2.10. The van der Waals surface area contributed by atoms with Gasteiger partial charge < -0.3 is 9.84 Å². The van der Waals surface area contributed by atoms with Crippen LogP contribution in [0.1, 0.15) is 27.9 Å². The zero-order valence-corrected chi connectivity index (χ0v) is 14.1. The van der Waals surface area contributed by atoms with E-state index in [9.17, 15) is 27.3 Å². The van der Waals surface area contributed by atoms with Crippen LogP contribution in [0.4, 0.5) is 13.2 Å². The summed E-state index contributed by atoms with van der Waals surface area (Å²) in [5, 5.41) is 15.0. The Balaban J connectivity index is 1.93. The summed E-state index contributed by atoms with van der Waals surface area (Å²) < 4.78 is 67.8. The Kier molecular flexibility index (Phi) is 3.30. The van der Waals surface area contributed by atoms with Crippen LogP contribution in [0.3, 0.4) is 0 Å². The average Bonchev–Trinajstić information content (AvgIpc) is 2.92. The van der Waals surface area contributed by atoms with Crippen molar-refractivity contribution in [1.82, 2.24) is 0 Å². The van der Waals surface area contributed by atoms with Gasteiger partial charge in [-0.3, -0.25) is 4.79 Å². The van der Waals surface area contributed by atoms with Gasteiger partial charge in [0.05, 0.1) is 28.5 Å². The first-order valence-corrected chi connectivity index (χ1v) is 9.06. The summed E-state index contributed by atoms with van der Waals surface area (Å²) in [6, 6.07) is 6.76. The number of ketones is 1. The minimum atomic E-state index is -4.69. The highest BCUT2D eigenvalue weighted by molar-refractivity contribution is 7.94. The van der Waals surface area contributed by atoms with Crippen molar-refractivity contribution >= 4 is 15.5 Å². The van der Waals surface area contributed by atoms with Gasteiger partial charge in [0.25, 0.3) is 0 Å². The van der Waals surface area contributed by atoms with E-state index in [1.807, 2.05) is 0 Å². The number of alkyl halides is 2. The summed E-state index contributed by atoms with van der Waals surface area (Å²) >= 11 is 0. The van der Waals surface area contributed by atoms with Crippen LogP contribution < -0.4 is 4.74 Å². The zero-order valence-electron chi connectivity index (χ0n) is 13.3. The Morgan fingerprint density at radius 3 is 2.67 bits per heavy atom. The number of hydrogen-bond donors (Lipinski definition) is 2. The zero-order chi connectivity index (χ0) is 19.8. The first-order chi connectivity index (χ1) is 12.5. The molecule has 0 saturated carbocycles. The Labute approximate surface area is 150 Å². The third kappa shape index (κ3) is 2.03. The van der Waals surface area contributed by atoms with E-state index in [0.717, 1.165) is 24.3 Å². The van der Waals surface area contributed by atoms with Gasteiger partial charge in [-0.1, -0.05) is 0 Å². The van der Waals surface area contributed by atoms with Gasteiger partial charge in [-0.25, -0.2) is 13.4 Å². The van der Waals surface area contributed by atoms with Gasteiger partial charge in [-0.15, -0.1) is 0 Å². The number of carbonyl (C=O) groups excluding carboxylic acids is 1. The molecule has 1 aliphatic heterocycles. The van der Waals surface area contributed by atoms with Crippen molar-refractivity contribution in [3.63, 3.8) is 0 Å². The van der Waals surface area contributed by atoms with Crippen LogP contribution in [0.15, 0.2) is 35.2 Å². The quantitative estimate of drug-likeness (QED) is 0.812. The Bertz CT molecular complexity index is 1190. The van der Waals surface area contributed by atoms with Crippen LogP contribution in [0.2, 0.25) is 0 Å². The molecule has 4 rings (SSSR count). The van der Waals surface area contributed by atoms with E-state index in [1.54, 1.807) is 6.07 Å². The van der Waals surface area contributed by atoms with Gasteiger partial charge in [0.2, 0.25) is 0 Å². The van der Waals surface area contributed by atoms with Crippen molar-refractivity contribution in [3.8, 4) is 17.6 Å². The molecule has 27 heavy (non-hydrogen) atoms. The lowest BCUT2D eigenvalue weighted by Crippen LogP contribution is -2.43. The van der Waals surface area contributed by atoms with Gasteiger partial charge in [0, 0.05) is 11.6 Å². The van der Waals surface area contributed by atoms with Crippen LogP contribution in [0.5, 0.6) is 11.5 Å². The normalized spacial score (nSPS) is 27.3. The number of nitrogens with zero attached hydrogens (tertiary/aromatic N) is 1. The molecule has 0 saturated heterocycles. The first kappa shape index (κ1) is 17.5. The number of benzene rings is 2. The molecule has 0 radical (unpaired) electrons. The molecule has 0 spiro atoms. The van der Waals surface area contributed by atoms with Gasteiger partial charge in [-0.2, -0.15) is 14.0 Å². The number of hydrogen-bond acceptors (Lipinski definition) is 6. The van der Waals surface area contributed by atoms with Crippen molar-refractivity contribution in [1.29, 1.82) is 10.0 Å². The van der Waals surface area contributed by atoms with Crippen LogP contribution in [0, 0.1) is 21.9 Å². The van der Waals surface area contributed by atoms with E-state index < -0.39 is 54.6 Å². The van der Waals surface area contributed by atoms with Crippen LogP contribution >= 0.6 is 0 Å². The molecule has 1 heterocycles. The van der Waals surface area contributed by atoms with Crippen LogP contribution in [0.25, 0.3) is 0 Å². The van der Waals surface area contributed by atoms with E-state index in [0.29, 0.717) is 0 Å². The summed E-state index contributed by atoms with van der Waals surface area (Å²) in [6.45, 7) is 0. The van der Waals surface area contributed by atoms with E-state index in [-0.39, 0.29) is 17.1 Å². The molecule has 1 aliphatic carbocycles.